The normalized spacial score (nSPS) is 22.9. The number of carbonyl (C=O) groups is 2. The van der Waals surface area contributed by atoms with Gasteiger partial charge in [-0.15, -0.1) is 0 Å². The molecule has 0 saturated carbocycles. The van der Waals surface area contributed by atoms with Crippen molar-refractivity contribution in [3.63, 3.8) is 0 Å². The molecule has 2 aromatic rings. The first kappa shape index (κ1) is 13.7. The number of carbonyl (C=O) groups excluding carboxylic acids is 2. The van der Waals surface area contributed by atoms with Crippen LogP contribution in [0.3, 0.4) is 0 Å². The van der Waals surface area contributed by atoms with E-state index in [1.54, 1.807) is 47.4 Å². The minimum atomic E-state index is -0.391. The van der Waals surface area contributed by atoms with E-state index in [0.717, 1.165) is 5.56 Å². The summed E-state index contributed by atoms with van der Waals surface area (Å²) >= 11 is 0. The molecule has 2 amide bonds. The quantitative estimate of drug-likeness (QED) is 0.798. The zero-order valence-corrected chi connectivity index (χ0v) is 12.4. The van der Waals surface area contributed by atoms with Crippen LogP contribution in [0.25, 0.3) is 11.3 Å². The molecule has 7 nitrogen and oxygen atoms in total. The third-order valence-electron chi connectivity index (χ3n) is 4.11. The van der Waals surface area contributed by atoms with E-state index in [2.05, 4.69) is 10.3 Å². The van der Waals surface area contributed by atoms with Crippen molar-refractivity contribution in [2.75, 3.05) is 0 Å². The number of hydrogen-bond donors (Lipinski definition) is 0. The standard InChI is InChI=1S/C16H14N4O3/c1-19-8-10(7-17-19)14-6-11(18-23-14)9-20-15(21)12-4-2-3-5-13(12)16(20)22/h2-8,12-13H,9H2,1H3. The molecule has 2 atom stereocenters. The number of amides is 2. The number of hydrogen-bond acceptors (Lipinski definition) is 5. The summed E-state index contributed by atoms with van der Waals surface area (Å²) in [5.74, 6) is -0.600. The van der Waals surface area contributed by atoms with Crippen molar-refractivity contribution in [2.45, 2.75) is 6.54 Å². The molecule has 23 heavy (non-hydrogen) atoms. The molecule has 2 aromatic heterocycles. The van der Waals surface area contributed by atoms with Crippen molar-refractivity contribution in [2.24, 2.45) is 18.9 Å². The second kappa shape index (κ2) is 5.05. The van der Waals surface area contributed by atoms with Crippen molar-refractivity contribution < 1.29 is 14.1 Å². The molecule has 3 heterocycles. The molecule has 2 unspecified atom stereocenters. The largest absolute Gasteiger partial charge is 0.356 e. The lowest BCUT2D eigenvalue weighted by Gasteiger charge is -2.11. The summed E-state index contributed by atoms with van der Waals surface area (Å²) in [5, 5.41) is 8.03. The van der Waals surface area contributed by atoms with Gasteiger partial charge in [0.2, 0.25) is 11.8 Å². The monoisotopic (exact) mass is 310 g/mol. The molecule has 1 aliphatic carbocycles. The Bertz CT molecular complexity index is 815. The minimum Gasteiger partial charge on any atom is -0.356 e. The molecule has 2 aliphatic rings. The van der Waals surface area contributed by atoms with Crippen LogP contribution >= 0.6 is 0 Å². The number of imide groups is 1. The maximum Gasteiger partial charge on any atom is 0.237 e. The van der Waals surface area contributed by atoms with Crippen molar-refractivity contribution in [1.82, 2.24) is 19.8 Å². The van der Waals surface area contributed by atoms with Gasteiger partial charge in [0.25, 0.3) is 0 Å². The second-order valence-corrected chi connectivity index (χ2v) is 5.67. The first-order chi connectivity index (χ1) is 11.1. The fraction of sp³-hybridized carbons (Fsp3) is 0.250. The number of nitrogens with zero attached hydrogens (tertiary/aromatic N) is 4. The molecule has 4 rings (SSSR count). The fourth-order valence-corrected chi connectivity index (χ4v) is 2.94. The molecular weight excluding hydrogens is 296 g/mol. The Kier molecular flexibility index (Phi) is 3.00. The van der Waals surface area contributed by atoms with Crippen molar-refractivity contribution >= 4 is 11.8 Å². The van der Waals surface area contributed by atoms with Crippen LogP contribution in [-0.2, 0) is 23.2 Å². The van der Waals surface area contributed by atoms with Crippen LogP contribution in [0.2, 0.25) is 0 Å². The van der Waals surface area contributed by atoms with Crippen LogP contribution in [0.1, 0.15) is 5.69 Å². The SMILES string of the molecule is Cn1cc(-c2cc(CN3C(=O)C4C=CC=CC4C3=O)no2)cn1. The Morgan fingerprint density at radius 1 is 1.17 bits per heavy atom. The van der Waals surface area contributed by atoms with Crippen LogP contribution in [0.5, 0.6) is 0 Å². The van der Waals surface area contributed by atoms with Crippen LogP contribution < -0.4 is 0 Å². The average molecular weight is 310 g/mol. The molecule has 1 saturated heterocycles. The smallest absolute Gasteiger partial charge is 0.237 e. The molecule has 0 N–H and O–H groups in total. The van der Waals surface area contributed by atoms with E-state index in [9.17, 15) is 9.59 Å². The van der Waals surface area contributed by atoms with E-state index >= 15 is 0 Å². The van der Waals surface area contributed by atoms with Gasteiger partial charge in [0, 0.05) is 19.3 Å². The van der Waals surface area contributed by atoms with Gasteiger partial charge < -0.3 is 4.52 Å². The van der Waals surface area contributed by atoms with E-state index in [1.807, 2.05) is 7.05 Å². The topological polar surface area (TPSA) is 81.2 Å². The summed E-state index contributed by atoms with van der Waals surface area (Å²) in [7, 11) is 1.81. The molecule has 116 valence electrons. The van der Waals surface area contributed by atoms with E-state index in [1.165, 1.54) is 4.90 Å². The highest BCUT2D eigenvalue weighted by molar-refractivity contribution is 6.07. The number of rotatable bonds is 3. The summed E-state index contributed by atoms with van der Waals surface area (Å²) in [6.07, 6.45) is 10.6. The summed E-state index contributed by atoms with van der Waals surface area (Å²) < 4.78 is 6.94. The lowest BCUT2D eigenvalue weighted by Crippen LogP contribution is -2.30. The van der Waals surface area contributed by atoms with Gasteiger partial charge >= 0.3 is 0 Å². The van der Waals surface area contributed by atoms with Crippen LogP contribution in [0.4, 0.5) is 0 Å². The highest BCUT2D eigenvalue weighted by Gasteiger charge is 2.45. The maximum absolute atomic E-state index is 12.4. The third kappa shape index (κ3) is 2.21. The van der Waals surface area contributed by atoms with Crippen molar-refractivity contribution in [3.8, 4) is 11.3 Å². The highest BCUT2D eigenvalue weighted by Crippen LogP contribution is 2.32. The Hall–Kier alpha value is -2.96. The molecular formula is C16H14N4O3. The van der Waals surface area contributed by atoms with Crippen LogP contribution in [-0.4, -0.2) is 31.7 Å². The summed E-state index contributed by atoms with van der Waals surface area (Å²) in [6, 6.07) is 1.73. The fourth-order valence-electron chi connectivity index (χ4n) is 2.94. The second-order valence-electron chi connectivity index (χ2n) is 5.67. The first-order valence-corrected chi connectivity index (χ1v) is 7.28. The van der Waals surface area contributed by atoms with Gasteiger partial charge in [-0.3, -0.25) is 19.2 Å². The third-order valence-corrected chi connectivity index (χ3v) is 4.11. The Balaban J connectivity index is 1.56. The molecule has 0 aromatic carbocycles. The average Bonchev–Trinajstić information content (AvgIpc) is 3.24. The number of aromatic nitrogens is 3. The zero-order valence-electron chi connectivity index (χ0n) is 12.4. The van der Waals surface area contributed by atoms with Gasteiger partial charge in [-0.2, -0.15) is 5.10 Å². The number of aryl methyl sites for hydroxylation is 1. The van der Waals surface area contributed by atoms with Gasteiger partial charge in [-0.25, -0.2) is 0 Å². The van der Waals surface area contributed by atoms with Gasteiger partial charge in [-0.05, 0) is 0 Å². The molecule has 0 bridgehead atoms. The lowest BCUT2D eigenvalue weighted by molar-refractivity contribution is -0.140. The van der Waals surface area contributed by atoms with E-state index in [-0.39, 0.29) is 18.4 Å². The zero-order chi connectivity index (χ0) is 16.0. The molecule has 1 aliphatic heterocycles. The van der Waals surface area contributed by atoms with Gasteiger partial charge in [0.05, 0.1) is 30.1 Å². The Morgan fingerprint density at radius 2 is 1.87 bits per heavy atom. The van der Waals surface area contributed by atoms with Crippen LogP contribution in [0.15, 0.2) is 47.3 Å². The number of likely N-dealkylation sites (tertiary alicyclic amines) is 1. The molecule has 7 heteroatoms. The summed E-state index contributed by atoms with van der Waals surface area (Å²) in [6.45, 7) is 0.121. The van der Waals surface area contributed by atoms with Crippen molar-refractivity contribution in [1.29, 1.82) is 0 Å². The Morgan fingerprint density at radius 3 is 2.48 bits per heavy atom. The number of fused-ring (bicyclic) bond motifs is 1. The predicted molar refractivity (Wildman–Crippen MR) is 79.5 cm³/mol. The van der Waals surface area contributed by atoms with Gasteiger partial charge in [0.1, 0.15) is 5.69 Å². The maximum atomic E-state index is 12.4. The van der Waals surface area contributed by atoms with E-state index < -0.39 is 11.8 Å². The first-order valence-electron chi connectivity index (χ1n) is 7.28. The predicted octanol–water partition coefficient (Wildman–Crippen LogP) is 1.30. The highest BCUT2D eigenvalue weighted by atomic mass is 16.5. The van der Waals surface area contributed by atoms with Gasteiger partial charge in [-0.1, -0.05) is 29.5 Å². The van der Waals surface area contributed by atoms with Crippen molar-refractivity contribution in [3.05, 3.63) is 48.5 Å². The summed E-state index contributed by atoms with van der Waals surface area (Å²) in [4.78, 5) is 26.0. The Labute approximate surface area is 131 Å². The molecule has 0 spiro atoms. The van der Waals surface area contributed by atoms with E-state index in [4.69, 9.17) is 4.52 Å². The lowest BCUT2D eigenvalue weighted by atomic mass is 9.91. The van der Waals surface area contributed by atoms with E-state index in [0.29, 0.717) is 11.5 Å². The minimum absolute atomic E-state index is 0.121. The molecule has 0 radical (unpaired) electrons. The summed E-state index contributed by atoms with van der Waals surface area (Å²) in [5.41, 5.74) is 1.34. The number of allylic oxidation sites excluding steroid dienone is 2. The van der Waals surface area contributed by atoms with Crippen LogP contribution in [0, 0.1) is 11.8 Å². The van der Waals surface area contributed by atoms with Gasteiger partial charge in [0.15, 0.2) is 5.76 Å². The molecule has 1 fully saturated rings.